The third-order valence-electron chi connectivity index (χ3n) is 4.30. The summed E-state index contributed by atoms with van der Waals surface area (Å²) in [7, 11) is 0. The van der Waals surface area contributed by atoms with Crippen molar-refractivity contribution in [2.75, 3.05) is 0 Å². The molecule has 0 bridgehead atoms. The van der Waals surface area contributed by atoms with Gasteiger partial charge >= 0.3 is 0 Å². The van der Waals surface area contributed by atoms with E-state index >= 15 is 0 Å². The second-order valence-electron chi connectivity index (χ2n) is 5.56. The molecule has 2 aromatic rings. The van der Waals surface area contributed by atoms with E-state index in [4.69, 9.17) is 5.73 Å². The van der Waals surface area contributed by atoms with E-state index in [0.29, 0.717) is 12.0 Å². The fraction of sp³-hybridized carbons (Fsp3) is 0.100. The topological polar surface area (TPSA) is 69.2 Å². The number of allylic oxidation sites excluding steroid dienone is 4. The number of hydrogen-bond donors (Lipinski definition) is 1. The van der Waals surface area contributed by atoms with E-state index in [1.807, 2.05) is 66.7 Å². The van der Waals surface area contributed by atoms with Crippen LogP contribution in [0, 0.1) is 22.1 Å². The van der Waals surface area contributed by atoms with Crippen molar-refractivity contribution in [2.45, 2.75) is 11.8 Å². The van der Waals surface area contributed by atoms with Crippen molar-refractivity contribution in [1.82, 2.24) is 0 Å². The largest absolute Gasteiger partial charge is 0.359 e. The van der Waals surface area contributed by atoms with Crippen molar-refractivity contribution in [1.29, 1.82) is 0 Å². The third-order valence-corrected chi connectivity index (χ3v) is 4.30. The van der Waals surface area contributed by atoms with Crippen LogP contribution in [0.15, 0.2) is 84.1 Å². The molecule has 1 aliphatic carbocycles. The summed E-state index contributed by atoms with van der Waals surface area (Å²) in [5.41, 5.74) is 6.88. The van der Waals surface area contributed by atoms with Gasteiger partial charge in [-0.1, -0.05) is 66.7 Å². The maximum absolute atomic E-state index is 11.9. The lowest BCUT2D eigenvalue weighted by molar-refractivity contribution is -0.434. The molecule has 0 aliphatic heterocycles. The third kappa shape index (κ3) is 2.57. The predicted octanol–water partition coefficient (Wildman–Crippen LogP) is 3.38. The maximum atomic E-state index is 11.9. The molecule has 24 heavy (non-hydrogen) atoms. The maximum Gasteiger partial charge on any atom is 0.262 e. The van der Waals surface area contributed by atoms with Crippen LogP contribution in [0.3, 0.4) is 0 Å². The van der Waals surface area contributed by atoms with E-state index in [0.717, 1.165) is 11.1 Å². The van der Waals surface area contributed by atoms with Crippen molar-refractivity contribution < 1.29 is 4.92 Å². The van der Waals surface area contributed by atoms with Crippen LogP contribution in [0.4, 0.5) is 0 Å². The van der Waals surface area contributed by atoms with Gasteiger partial charge in [0.05, 0.1) is 4.92 Å². The van der Waals surface area contributed by atoms with Crippen LogP contribution < -0.4 is 5.73 Å². The number of hydrogen-bond acceptors (Lipinski definition) is 3. The fourth-order valence-electron chi connectivity index (χ4n) is 3.22. The van der Waals surface area contributed by atoms with Gasteiger partial charge in [-0.15, -0.1) is 0 Å². The SMILES string of the molecule is NC#CC1=CCC(c2ccccc2)(c2ccccc2)C([N+](=O)[O-])=C1. The quantitative estimate of drug-likeness (QED) is 0.408. The number of nitro groups is 1. The normalized spacial score (nSPS) is 15.5. The predicted molar refractivity (Wildman–Crippen MR) is 93.4 cm³/mol. The lowest BCUT2D eigenvalue weighted by Gasteiger charge is -2.33. The summed E-state index contributed by atoms with van der Waals surface area (Å²) < 4.78 is 0. The van der Waals surface area contributed by atoms with Gasteiger partial charge in [0.2, 0.25) is 0 Å². The summed E-state index contributed by atoms with van der Waals surface area (Å²) in [6.07, 6.45) is 3.90. The van der Waals surface area contributed by atoms with Gasteiger partial charge in [-0.25, -0.2) is 0 Å². The van der Waals surface area contributed by atoms with Gasteiger partial charge in [0.1, 0.15) is 5.41 Å². The first-order valence-electron chi connectivity index (χ1n) is 7.58. The molecule has 2 aromatic carbocycles. The zero-order valence-corrected chi connectivity index (χ0v) is 13.0. The average Bonchev–Trinajstić information content (AvgIpc) is 2.63. The van der Waals surface area contributed by atoms with Crippen LogP contribution in [0.2, 0.25) is 0 Å². The van der Waals surface area contributed by atoms with E-state index in [1.165, 1.54) is 6.08 Å². The number of benzene rings is 2. The molecular weight excluding hydrogens is 300 g/mol. The molecule has 118 valence electrons. The molecule has 0 unspecified atom stereocenters. The highest BCUT2D eigenvalue weighted by atomic mass is 16.6. The van der Waals surface area contributed by atoms with Crippen molar-refractivity contribution >= 4 is 0 Å². The van der Waals surface area contributed by atoms with E-state index in [1.54, 1.807) is 0 Å². The summed E-state index contributed by atoms with van der Waals surface area (Å²) in [5.74, 6) is 2.72. The minimum absolute atomic E-state index is 0.111. The van der Waals surface area contributed by atoms with Gasteiger partial charge < -0.3 is 5.73 Å². The van der Waals surface area contributed by atoms with Crippen LogP contribution in [-0.4, -0.2) is 4.92 Å². The molecule has 0 heterocycles. The first-order valence-corrected chi connectivity index (χ1v) is 7.58. The van der Waals surface area contributed by atoms with Gasteiger partial charge in [-0.05, 0) is 23.5 Å². The monoisotopic (exact) mass is 316 g/mol. The molecule has 0 aromatic heterocycles. The molecule has 1 aliphatic rings. The fourth-order valence-corrected chi connectivity index (χ4v) is 3.22. The summed E-state index contributed by atoms with van der Waals surface area (Å²) >= 11 is 0. The molecule has 4 heteroatoms. The van der Waals surface area contributed by atoms with Crippen LogP contribution in [0.1, 0.15) is 17.5 Å². The van der Waals surface area contributed by atoms with E-state index in [9.17, 15) is 10.1 Å². The van der Waals surface area contributed by atoms with Crippen LogP contribution in [0.5, 0.6) is 0 Å². The van der Waals surface area contributed by atoms with Gasteiger partial charge in [-0.2, -0.15) is 0 Å². The van der Waals surface area contributed by atoms with Gasteiger partial charge in [0.25, 0.3) is 5.70 Å². The van der Waals surface area contributed by atoms with E-state index in [-0.39, 0.29) is 10.6 Å². The van der Waals surface area contributed by atoms with Crippen LogP contribution in [0.25, 0.3) is 0 Å². The van der Waals surface area contributed by atoms with Gasteiger partial charge in [0.15, 0.2) is 0 Å². The summed E-state index contributed by atoms with van der Waals surface area (Å²) in [4.78, 5) is 11.6. The highest BCUT2D eigenvalue weighted by molar-refractivity contribution is 5.54. The minimum atomic E-state index is -0.841. The first-order chi connectivity index (χ1) is 11.7. The summed E-state index contributed by atoms with van der Waals surface area (Å²) in [6, 6.07) is 21.4. The molecule has 0 saturated carbocycles. The Morgan fingerprint density at radius 2 is 1.54 bits per heavy atom. The molecule has 3 rings (SSSR count). The van der Waals surface area contributed by atoms with Crippen molar-refractivity contribution in [2.24, 2.45) is 5.73 Å². The average molecular weight is 316 g/mol. The van der Waals surface area contributed by atoms with Crippen LogP contribution in [-0.2, 0) is 5.41 Å². The molecule has 0 saturated heterocycles. The first kappa shape index (κ1) is 15.6. The molecule has 4 nitrogen and oxygen atoms in total. The van der Waals surface area contributed by atoms with E-state index in [2.05, 4.69) is 12.0 Å². The van der Waals surface area contributed by atoms with Gasteiger partial charge in [-0.3, -0.25) is 10.1 Å². The number of nitrogens with zero attached hydrogens (tertiary/aromatic N) is 1. The molecule has 0 amide bonds. The summed E-state index contributed by atoms with van der Waals surface area (Å²) in [6.45, 7) is 0. The Morgan fingerprint density at radius 3 is 2.00 bits per heavy atom. The van der Waals surface area contributed by atoms with E-state index < -0.39 is 5.41 Å². The van der Waals surface area contributed by atoms with Crippen LogP contribution >= 0.6 is 0 Å². The molecule has 0 radical (unpaired) electrons. The second-order valence-corrected chi connectivity index (χ2v) is 5.56. The summed E-state index contributed by atoms with van der Waals surface area (Å²) in [5, 5.41) is 11.9. The molecule has 2 N–H and O–H groups in total. The second kappa shape index (κ2) is 6.43. The Labute approximate surface area is 140 Å². The number of rotatable bonds is 3. The number of nitrogens with two attached hydrogens (primary N) is 1. The lowest BCUT2D eigenvalue weighted by atomic mass is 9.67. The lowest BCUT2D eigenvalue weighted by Crippen LogP contribution is -2.35. The Kier molecular flexibility index (Phi) is 4.17. The molecule has 0 fully saturated rings. The highest BCUT2D eigenvalue weighted by Gasteiger charge is 2.46. The zero-order valence-electron chi connectivity index (χ0n) is 13.0. The van der Waals surface area contributed by atoms with Crippen molar-refractivity contribution in [3.05, 3.63) is 105 Å². The Bertz CT molecular complexity index is 833. The molecule has 0 atom stereocenters. The Morgan fingerprint density at radius 1 is 1.00 bits per heavy atom. The smallest absolute Gasteiger partial charge is 0.262 e. The Balaban J connectivity index is 2.28. The van der Waals surface area contributed by atoms with Crippen molar-refractivity contribution in [3.63, 3.8) is 0 Å². The molecule has 0 spiro atoms. The minimum Gasteiger partial charge on any atom is -0.359 e. The zero-order chi connectivity index (χ0) is 17.0. The van der Waals surface area contributed by atoms with Gasteiger partial charge in [0, 0.05) is 17.7 Å². The standard InChI is InChI=1S/C20H16N2O2/c21-14-12-16-11-13-20(19(15-16)22(23)24,17-7-3-1-4-8-17)18-9-5-2-6-10-18/h1-11,15H,13,21H2. The highest BCUT2D eigenvalue weighted by Crippen LogP contribution is 2.45. The van der Waals surface area contributed by atoms with Crippen molar-refractivity contribution in [3.8, 4) is 12.0 Å². The Hall–Kier alpha value is -3.32. The molecular formula is C20H16N2O2.